The highest BCUT2D eigenvalue weighted by molar-refractivity contribution is 6.31. The summed E-state index contributed by atoms with van der Waals surface area (Å²) in [5.74, 6) is -3.11. The van der Waals surface area contributed by atoms with E-state index in [1.54, 1.807) is 0 Å². The number of nitrogens with two attached hydrogens (primary N) is 1. The summed E-state index contributed by atoms with van der Waals surface area (Å²) in [6.45, 7) is 2.39. The van der Waals surface area contributed by atoms with Gasteiger partial charge in [-0.3, -0.25) is 14.4 Å². The van der Waals surface area contributed by atoms with Crippen LogP contribution in [0.4, 0.5) is 8.78 Å². The van der Waals surface area contributed by atoms with E-state index in [9.17, 15) is 23.2 Å². The maximum Gasteiger partial charge on any atom is 0.253 e. The third-order valence-electron chi connectivity index (χ3n) is 5.36. The molecular formula is C26H24Cl2F2N4O3. The SMILES string of the molecule is CCCNC(=O)/C=C/c1[nH]cc(C(=O)N[C@@H](CC(N)=O)c2ccc(F)c(Cl)c2)c1-c1ccc(Cl)cc1F. The molecule has 5 N–H and O–H groups in total. The molecule has 0 saturated carbocycles. The van der Waals surface area contributed by atoms with Gasteiger partial charge in [0.15, 0.2) is 0 Å². The number of carbonyl (C=O) groups is 3. The number of carbonyl (C=O) groups excluding carboxylic acids is 3. The summed E-state index contributed by atoms with van der Waals surface area (Å²) in [5, 5.41) is 5.34. The number of hydrogen-bond acceptors (Lipinski definition) is 3. The van der Waals surface area contributed by atoms with Crippen LogP contribution in [0.15, 0.2) is 48.7 Å². The van der Waals surface area contributed by atoms with Gasteiger partial charge in [-0.25, -0.2) is 8.78 Å². The second kappa shape index (κ2) is 12.5. The third-order valence-corrected chi connectivity index (χ3v) is 5.89. The number of aromatic amines is 1. The minimum atomic E-state index is -0.945. The molecule has 0 aliphatic carbocycles. The first kappa shape index (κ1) is 27.9. The monoisotopic (exact) mass is 548 g/mol. The highest BCUT2D eigenvalue weighted by Gasteiger charge is 2.24. The van der Waals surface area contributed by atoms with Crippen molar-refractivity contribution in [3.05, 3.63) is 87.2 Å². The fraction of sp³-hybridized carbons (Fsp3) is 0.192. The van der Waals surface area contributed by atoms with Gasteiger partial charge in [0.1, 0.15) is 11.6 Å². The topological polar surface area (TPSA) is 117 Å². The predicted octanol–water partition coefficient (Wildman–Crippen LogP) is 5.15. The molecule has 0 radical (unpaired) electrons. The molecule has 1 atom stereocenters. The number of aromatic nitrogens is 1. The largest absolute Gasteiger partial charge is 0.370 e. The van der Waals surface area contributed by atoms with Crippen LogP contribution >= 0.6 is 23.2 Å². The van der Waals surface area contributed by atoms with Gasteiger partial charge in [-0.1, -0.05) is 36.2 Å². The van der Waals surface area contributed by atoms with Crippen molar-refractivity contribution in [3.63, 3.8) is 0 Å². The first-order valence-corrected chi connectivity index (χ1v) is 12.0. The van der Waals surface area contributed by atoms with Crippen LogP contribution in [0.5, 0.6) is 0 Å². The van der Waals surface area contributed by atoms with Gasteiger partial charge in [0.2, 0.25) is 11.8 Å². The Kier molecular flexibility index (Phi) is 9.43. The quantitative estimate of drug-likeness (QED) is 0.262. The predicted molar refractivity (Wildman–Crippen MR) is 139 cm³/mol. The molecule has 0 saturated heterocycles. The Morgan fingerprint density at radius 2 is 1.86 bits per heavy atom. The van der Waals surface area contributed by atoms with Crippen molar-refractivity contribution in [2.75, 3.05) is 6.54 Å². The van der Waals surface area contributed by atoms with Crippen molar-refractivity contribution >= 4 is 47.0 Å². The second-order valence-electron chi connectivity index (χ2n) is 8.11. The van der Waals surface area contributed by atoms with E-state index in [-0.39, 0.29) is 44.8 Å². The van der Waals surface area contributed by atoms with Crippen molar-refractivity contribution in [3.8, 4) is 11.1 Å². The molecule has 0 aliphatic rings. The summed E-state index contributed by atoms with van der Waals surface area (Å²) in [6.07, 6.45) is 4.48. The van der Waals surface area contributed by atoms with Gasteiger partial charge in [0, 0.05) is 40.7 Å². The molecule has 3 aromatic rings. The smallest absolute Gasteiger partial charge is 0.253 e. The zero-order valence-corrected chi connectivity index (χ0v) is 21.2. The molecule has 194 valence electrons. The van der Waals surface area contributed by atoms with E-state index in [1.807, 2.05) is 6.92 Å². The average Bonchev–Trinajstić information content (AvgIpc) is 3.26. The van der Waals surface area contributed by atoms with E-state index >= 15 is 0 Å². The minimum Gasteiger partial charge on any atom is -0.370 e. The molecule has 0 aliphatic heterocycles. The molecule has 0 spiro atoms. The lowest BCUT2D eigenvalue weighted by Crippen LogP contribution is -2.32. The van der Waals surface area contributed by atoms with E-state index in [0.29, 0.717) is 12.1 Å². The van der Waals surface area contributed by atoms with Gasteiger partial charge in [-0.15, -0.1) is 0 Å². The van der Waals surface area contributed by atoms with E-state index in [1.165, 1.54) is 42.6 Å². The summed E-state index contributed by atoms with van der Waals surface area (Å²) in [6, 6.07) is 6.79. The maximum atomic E-state index is 14.9. The van der Waals surface area contributed by atoms with Crippen LogP contribution < -0.4 is 16.4 Å². The van der Waals surface area contributed by atoms with Crippen molar-refractivity contribution in [2.24, 2.45) is 5.73 Å². The first-order valence-electron chi connectivity index (χ1n) is 11.3. The van der Waals surface area contributed by atoms with Crippen LogP contribution in [0.2, 0.25) is 10.0 Å². The minimum absolute atomic E-state index is 0.0255. The lowest BCUT2D eigenvalue weighted by molar-refractivity contribution is -0.118. The lowest BCUT2D eigenvalue weighted by Gasteiger charge is -2.19. The molecule has 2 aromatic carbocycles. The van der Waals surface area contributed by atoms with Gasteiger partial charge < -0.3 is 21.4 Å². The van der Waals surface area contributed by atoms with Gasteiger partial charge in [-0.2, -0.15) is 0 Å². The van der Waals surface area contributed by atoms with Gasteiger partial charge in [0.05, 0.1) is 23.0 Å². The fourth-order valence-electron chi connectivity index (χ4n) is 3.62. The van der Waals surface area contributed by atoms with Crippen molar-refractivity contribution < 1.29 is 23.2 Å². The third kappa shape index (κ3) is 7.18. The van der Waals surface area contributed by atoms with Crippen molar-refractivity contribution in [2.45, 2.75) is 25.8 Å². The maximum absolute atomic E-state index is 14.9. The molecule has 1 aromatic heterocycles. The highest BCUT2D eigenvalue weighted by atomic mass is 35.5. The van der Waals surface area contributed by atoms with Gasteiger partial charge in [-0.05, 0) is 48.4 Å². The molecule has 0 bridgehead atoms. The number of amides is 3. The normalized spacial score (nSPS) is 11.9. The Morgan fingerprint density at radius 1 is 1.11 bits per heavy atom. The molecule has 3 amide bonds. The number of nitrogens with one attached hydrogen (secondary N) is 3. The van der Waals surface area contributed by atoms with E-state index in [4.69, 9.17) is 28.9 Å². The lowest BCUT2D eigenvalue weighted by atomic mass is 9.98. The van der Waals surface area contributed by atoms with Crippen LogP contribution in [-0.2, 0) is 9.59 Å². The van der Waals surface area contributed by atoms with Crippen LogP contribution in [0, 0.1) is 11.6 Å². The summed E-state index contributed by atoms with van der Waals surface area (Å²) in [7, 11) is 0. The van der Waals surface area contributed by atoms with Gasteiger partial charge in [0.25, 0.3) is 5.91 Å². The highest BCUT2D eigenvalue weighted by Crippen LogP contribution is 2.33. The Labute approximate surface area is 222 Å². The number of primary amides is 1. The summed E-state index contributed by atoms with van der Waals surface area (Å²) in [5.41, 5.74) is 6.25. The fourth-order valence-corrected chi connectivity index (χ4v) is 3.96. The van der Waals surface area contributed by atoms with Gasteiger partial charge >= 0.3 is 0 Å². The Balaban J connectivity index is 2.03. The van der Waals surface area contributed by atoms with E-state index in [2.05, 4.69) is 15.6 Å². The van der Waals surface area contributed by atoms with Crippen LogP contribution in [0.3, 0.4) is 0 Å². The molecule has 0 unspecified atom stereocenters. The zero-order chi connectivity index (χ0) is 27.1. The van der Waals surface area contributed by atoms with E-state index < -0.39 is 29.5 Å². The van der Waals surface area contributed by atoms with Crippen molar-refractivity contribution in [1.82, 2.24) is 15.6 Å². The molecule has 7 nitrogen and oxygen atoms in total. The Bertz CT molecular complexity index is 1360. The summed E-state index contributed by atoms with van der Waals surface area (Å²) < 4.78 is 28.6. The van der Waals surface area contributed by atoms with Crippen molar-refractivity contribution in [1.29, 1.82) is 0 Å². The number of rotatable bonds is 10. The Hall–Kier alpha value is -3.69. The molecule has 11 heteroatoms. The van der Waals surface area contributed by atoms with E-state index in [0.717, 1.165) is 18.6 Å². The summed E-state index contributed by atoms with van der Waals surface area (Å²) in [4.78, 5) is 40.0. The standard InChI is InChI=1S/C26H24Cl2F2N4O3/c1-2-9-32-24(36)8-7-21-25(16-5-4-15(27)11-20(16)30)17(13-33-21)26(37)34-22(12-23(31)35)14-3-6-19(29)18(28)10-14/h3-8,10-11,13,22,33H,2,9,12H2,1H3,(H2,31,35)(H,32,36)(H,34,37)/b8-7+/t22-/m0/s1. The molecule has 1 heterocycles. The van der Waals surface area contributed by atoms with Crippen LogP contribution in [-0.4, -0.2) is 29.3 Å². The summed E-state index contributed by atoms with van der Waals surface area (Å²) >= 11 is 11.8. The number of H-pyrrole nitrogens is 1. The molecule has 0 fully saturated rings. The van der Waals surface area contributed by atoms with Crippen LogP contribution in [0.1, 0.15) is 47.4 Å². The average molecular weight is 549 g/mol. The second-order valence-corrected chi connectivity index (χ2v) is 8.95. The number of halogens is 4. The Morgan fingerprint density at radius 3 is 2.51 bits per heavy atom. The molecule has 3 rings (SSSR count). The van der Waals surface area contributed by atoms with Crippen LogP contribution in [0.25, 0.3) is 17.2 Å². The number of hydrogen-bond donors (Lipinski definition) is 4. The zero-order valence-electron chi connectivity index (χ0n) is 19.7. The molecular weight excluding hydrogens is 525 g/mol. The number of benzene rings is 2. The molecule has 37 heavy (non-hydrogen) atoms. The first-order chi connectivity index (χ1) is 17.6.